The normalized spacial score (nSPS) is 12.2. The van der Waals surface area contributed by atoms with Crippen LogP contribution in [0.15, 0.2) is 70.5 Å². The number of hydrogen-bond acceptors (Lipinski definition) is 3. The second kappa shape index (κ2) is 8.04. The van der Waals surface area contributed by atoms with Gasteiger partial charge in [0.05, 0.1) is 6.26 Å². The highest BCUT2D eigenvalue weighted by Gasteiger charge is 2.09. The number of furan rings is 1. The summed E-state index contributed by atoms with van der Waals surface area (Å²) in [6.45, 7) is 2.28. The van der Waals surface area contributed by atoms with Crippen LogP contribution in [-0.4, -0.2) is 17.4 Å². The lowest BCUT2D eigenvalue weighted by atomic mass is 10.1. The number of rotatable bonds is 6. The third-order valence-corrected chi connectivity index (χ3v) is 4.01. The third kappa shape index (κ3) is 4.11. The van der Waals surface area contributed by atoms with E-state index in [9.17, 15) is 10.1 Å². The summed E-state index contributed by atoms with van der Waals surface area (Å²) in [6, 6.07) is 13.6. The number of fused-ring (bicyclic) bond motifs is 1. The Morgan fingerprint density at radius 2 is 2.15 bits per heavy atom. The Morgan fingerprint density at radius 3 is 2.92 bits per heavy atom. The maximum atomic E-state index is 12.2. The largest absolute Gasteiger partial charge is 0.465 e. The zero-order valence-corrected chi connectivity index (χ0v) is 14.5. The SMILES string of the molecule is CC(=C\c1ccco1)/C=C(\C#N)C(=O)NCCc1c[nH]c2ccccc12. The highest BCUT2D eigenvalue weighted by molar-refractivity contribution is 5.97. The van der Waals surface area contributed by atoms with E-state index in [-0.39, 0.29) is 11.5 Å². The summed E-state index contributed by atoms with van der Waals surface area (Å²) >= 11 is 0. The zero-order chi connectivity index (χ0) is 18.4. The van der Waals surface area contributed by atoms with Gasteiger partial charge in [-0.25, -0.2) is 0 Å². The molecule has 3 rings (SSSR count). The number of nitriles is 1. The average Bonchev–Trinajstić information content (AvgIpc) is 3.29. The molecule has 0 saturated carbocycles. The van der Waals surface area contributed by atoms with Crippen LogP contribution >= 0.6 is 0 Å². The predicted molar refractivity (Wildman–Crippen MR) is 101 cm³/mol. The summed E-state index contributed by atoms with van der Waals surface area (Å²) < 4.78 is 5.23. The number of aromatic nitrogens is 1. The Hall–Kier alpha value is -3.52. The maximum absolute atomic E-state index is 12.2. The Labute approximate surface area is 151 Å². The van der Waals surface area contributed by atoms with Crippen LogP contribution in [-0.2, 0) is 11.2 Å². The molecule has 0 aliphatic heterocycles. The molecule has 0 saturated heterocycles. The number of nitrogens with one attached hydrogen (secondary N) is 2. The fourth-order valence-electron chi connectivity index (χ4n) is 2.76. The van der Waals surface area contributed by atoms with E-state index in [2.05, 4.69) is 10.3 Å². The molecule has 0 unspecified atom stereocenters. The minimum Gasteiger partial charge on any atom is -0.465 e. The molecule has 0 aliphatic carbocycles. The monoisotopic (exact) mass is 345 g/mol. The topological polar surface area (TPSA) is 81.8 Å². The first kappa shape index (κ1) is 17.3. The number of allylic oxidation sites excluding steroid dienone is 2. The minimum atomic E-state index is -0.375. The van der Waals surface area contributed by atoms with Gasteiger partial charge in [-0.15, -0.1) is 0 Å². The second-order valence-corrected chi connectivity index (χ2v) is 5.94. The molecule has 0 spiro atoms. The highest BCUT2D eigenvalue weighted by atomic mass is 16.3. The summed E-state index contributed by atoms with van der Waals surface area (Å²) in [5, 5.41) is 13.2. The lowest BCUT2D eigenvalue weighted by Gasteiger charge is -2.04. The van der Waals surface area contributed by atoms with Gasteiger partial charge in [-0.1, -0.05) is 18.2 Å². The minimum absolute atomic E-state index is 0.0734. The first-order valence-electron chi connectivity index (χ1n) is 8.34. The maximum Gasteiger partial charge on any atom is 0.261 e. The molecule has 1 aromatic carbocycles. The lowest BCUT2D eigenvalue weighted by molar-refractivity contribution is -0.117. The van der Waals surface area contributed by atoms with Crippen molar-refractivity contribution in [1.29, 1.82) is 5.26 Å². The standard InChI is InChI=1S/C21H19N3O2/c1-15(12-18-5-4-10-26-18)11-17(13-22)21(25)23-9-8-16-14-24-20-7-3-2-6-19(16)20/h2-7,10-12,14,24H,8-9H2,1H3,(H,23,25)/b15-12+,17-11+. The Morgan fingerprint density at radius 1 is 1.31 bits per heavy atom. The van der Waals surface area contributed by atoms with Gasteiger partial charge in [0.15, 0.2) is 0 Å². The Bertz CT molecular complexity index is 1000. The first-order chi connectivity index (χ1) is 12.7. The van der Waals surface area contributed by atoms with Crippen molar-refractivity contribution in [1.82, 2.24) is 10.3 Å². The molecule has 5 heteroatoms. The van der Waals surface area contributed by atoms with Crippen LogP contribution in [0.1, 0.15) is 18.2 Å². The average molecular weight is 345 g/mol. The summed E-state index contributed by atoms with van der Waals surface area (Å²) in [6.07, 6.45) is 7.55. The molecular weight excluding hydrogens is 326 g/mol. The van der Waals surface area contributed by atoms with Crippen molar-refractivity contribution < 1.29 is 9.21 Å². The van der Waals surface area contributed by atoms with Gasteiger partial charge in [0.2, 0.25) is 0 Å². The number of amides is 1. The van der Waals surface area contributed by atoms with Gasteiger partial charge in [-0.05, 0) is 54.8 Å². The molecular formula is C21H19N3O2. The van der Waals surface area contributed by atoms with Gasteiger partial charge in [-0.3, -0.25) is 4.79 Å². The number of H-pyrrole nitrogens is 1. The number of aromatic amines is 1. The first-order valence-corrected chi connectivity index (χ1v) is 8.34. The molecule has 26 heavy (non-hydrogen) atoms. The highest BCUT2D eigenvalue weighted by Crippen LogP contribution is 2.17. The molecule has 5 nitrogen and oxygen atoms in total. The zero-order valence-electron chi connectivity index (χ0n) is 14.5. The van der Waals surface area contributed by atoms with Gasteiger partial charge >= 0.3 is 0 Å². The fourth-order valence-corrected chi connectivity index (χ4v) is 2.76. The van der Waals surface area contributed by atoms with Crippen molar-refractivity contribution in [2.45, 2.75) is 13.3 Å². The Balaban J connectivity index is 1.61. The van der Waals surface area contributed by atoms with Gasteiger partial charge in [0.1, 0.15) is 17.4 Å². The van der Waals surface area contributed by atoms with Crippen molar-refractivity contribution in [3.05, 3.63) is 77.4 Å². The van der Waals surface area contributed by atoms with E-state index in [1.165, 1.54) is 0 Å². The van der Waals surface area contributed by atoms with E-state index in [0.29, 0.717) is 18.7 Å². The summed E-state index contributed by atoms with van der Waals surface area (Å²) in [5.74, 6) is 0.301. The quantitative estimate of drug-likeness (QED) is 0.403. The van der Waals surface area contributed by atoms with Crippen LogP contribution in [0.4, 0.5) is 0 Å². The smallest absolute Gasteiger partial charge is 0.261 e. The van der Waals surface area contributed by atoms with E-state index in [1.807, 2.05) is 49.5 Å². The van der Waals surface area contributed by atoms with Crippen LogP contribution in [0.3, 0.4) is 0 Å². The van der Waals surface area contributed by atoms with E-state index < -0.39 is 0 Å². The van der Waals surface area contributed by atoms with Crippen molar-refractivity contribution >= 4 is 22.9 Å². The van der Waals surface area contributed by atoms with Gasteiger partial charge < -0.3 is 14.7 Å². The number of benzene rings is 1. The van der Waals surface area contributed by atoms with Crippen molar-refractivity contribution in [2.75, 3.05) is 6.54 Å². The van der Waals surface area contributed by atoms with Gasteiger partial charge in [-0.2, -0.15) is 5.26 Å². The molecule has 130 valence electrons. The van der Waals surface area contributed by atoms with Gasteiger partial charge in [0, 0.05) is 23.6 Å². The molecule has 0 radical (unpaired) electrons. The number of carbonyl (C=O) groups is 1. The van der Waals surface area contributed by atoms with E-state index in [1.54, 1.807) is 24.5 Å². The fraction of sp³-hybridized carbons (Fsp3) is 0.143. The molecule has 0 atom stereocenters. The van der Waals surface area contributed by atoms with Crippen molar-refractivity contribution in [2.24, 2.45) is 0 Å². The van der Waals surface area contributed by atoms with Crippen LogP contribution in [0.25, 0.3) is 17.0 Å². The van der Waals surface area contributed by atoms with Crippen molar-refractivity contribution in [3.8, 4) is 6.07 Å². The van der Waals surface area contributed by atoms with Crippen LogP contribution in [0.5, 0.6) is 0 Å². The molecule has 0 bridgehead atoms. The summed E-state index contributed by atoms with van der Waals surface area (Å²) in [5.41, 5.74) is 3.05. The van der Waals surface area contributed by atoms with Crippen LogP contribution < -0.4 is 5.32 Å². The van der Waals surface area contributed by atoms with E-state index >= 15 is 0 Å². The molecule has 2 heterocycles. The van der Waals surface area contributed by atoms with Gasteiger partial charge in [0.25, 0.3) is 5.91 Å². The molecule has 3 aromatic rings. The van der Waals surface area contributed by atoms with Crippen LogP contribution in [0, 0.1) is 11.3 Å². The molecule has 0 fully saturated rings. The third-order valence-electron chi connectivity index (χ3n) is 4.01. The Kier molecular flexibility index (Phi) is 5.35. The second-order valence-electron chi connectivity index (χ2n) is 5.94. The van der Waals surface area contributed by atoms with Crippen molar-refractivity contribution in [3.63, 3.8) is 0 Å². The molecule has 1 amide bonds. The molecule has 0 aliphatic rings. The number of nitrogens with zero attached hydrogens (tertiary/aromatic N) is 1. The summed E-state index contributed by atoms with van der Waals surface area (Å²) in [4.78, 5) is 15.5. The van der Waals surface area contributed by atoms with Crippen LogP contribution in [0.2, 0.25) is 0 Å². The van der Waals surface area contributed by atoms with E-state index in [4.69, 9.17) is 4.42 Å². The molecule has 2 N–H and O–H groups in total. The predicted octanol–water partition coefficient (Wildman–Crippen LogP) is 3.97. The van der Waals surface area contributed by atoms with E-state index in [0.717, 1.165) is 22.0 Å². The summed E-state index contributed by atoms with van der Waals surface area (Å²) in [7, 11) is 0. The number of carbonyl (C=O) groups excluding carboxylic acids is 1. The number of para-hydroxylation sites is 1. The number of hydrogen-bond donors (Lipinski definition) is 2. The lowest BCUT2D eigenvalue weighted by Crippen LogP contribution is -2.26. The molecule has 2 aromatic heterocycles.